The number of hydrogen-bond donors (Lipinski definition) is 0. The highest BCUT2D eigenvalue weighted by atomic mass is 35.5. The van der Waals surface area contributed by atoms with Gasteiger partial charge in [0, 0.05) is 12.7 Å². The van der Waals surface area contributed by atoms with Gasteiger partial charge in [-0.05, 0) is 17.5 Å². The second kappa shape index (κ2) is 6.48. The van der Waals surface area contributed by atoms with Crippen LogP contribution in [0.2, 0.25) is 0 Å². The molecule has 0 aliphatic carbocycles. The topological polar surface area (TPSA) is 51.0 Å². The van der Waals surface area contributed by atoms with Gasteiger partial charge < -0.3 is 9.47 Å². The average Bonchev–Trinajstić information content (AvgIpc) is 2.88. The van der Waals surface area contributed by atoms with Crippen molar-refractivity contribution in [2.75, 3.05) is 4.90 Å². The summed E-state index contributed by atoms with van der Waals surface area (Å²) in [6.07, 6.45) is 1.62. The van der Waals surface area contributed by atoms with E-state index in [1.807, 2.05) is 58.2 Å². The summed E-state index contributed by atoms with van der Waals surface area (Å²) in [5.74, 6) is 0.568. The summed E-state index contributed by atoms with van der Waals surface area (Å²) < 4.78 is 1.80. The highest BCUT2D eigenvalue weighted by Gasteiger charge is 2.33. The van der Waals surface area contributed by atoms with E-state index in [1.54, 1.807) is 15.8 Å². The molecule has 0 aliphatic rings. The lowest BCUT2D eigenvalue weighted by Gasteiger charge is -2.30. The summed E-state index contributed by atoms with van der Waals surface area (Å²) in [4.78, 5) is 14.5. The van der Waals surface area contributed by atoms with Gasteiger partial charge in [-0.2, -0.15) is 0 Å². The van der Waals surface area contributed by atoms with Crippen LogP contribution in [0.4, 0.5) is 5.69 Å². The first-order chi connectivity index (χ1) is 10.3. The van der Waals surface area contributed by atoms with E-state index >= 15 is 0 Å². The maximum Gasteiger partial charge on any atom is 0.245 e. The standard InChI is InChI=1S/C16H21ClN4O/c1-16(2,3)14(17)15(22)21(12-8-6-5-7-9-12)10-13-19-18-11-20(13)4/h5-9,11,14H,10H2,1-4H3. The molecule has 0 aliphatic heterocycles. The quantitative estimate of drug-likeness (QED) is 0.814. The van der Waals surface area contributed by atoms with Gasteiger partial charge in [-0.25, -0.2) is 0 Å². The van der Waals surface area contributed by atoms with Gasteiger partial charge in [-0.3, -0.25) is 4.79 Å². The number of aromatic nitrogens is 3. The number of nitrogens with zero attached hydrogens (tertiary/aromatic N) is 4. The lowest BCUT2D eigenvalue weighted by atomic mass is 9.91. The molecule has 1 unspecified atom stereocenters. The Bertz CT molecular complexity index is 633. The Kier molecular flexibility index (Phi) is 4.86. The molecule has 1 amide bonds. The molecule has 0 fully saturated rings. The van der Waals surface area contributed by atoms with Crippen molar-refractivity contribution in [1.29, 1.82) is 0 Å². The molecule has 22 heavy (non-hydrogen) atoms. The second-order valence-corrected chi connectivity index (χ2v) is 6.78. The fourth-order valence-corrected chi connectivity index (χ4v) is 2.12. The minimum Gasteiger partial charge on any atom is -0.319 e. The van der Waals surface area contributed by atoms with Crippen molar-refractivity contribution in [2.45, 2.75) is 32.7 Å². The summed E-state index contributed by atoms with van der Waals surface area (Å²) in [6, 6.07) is 9.48. The lowest BCUT2D eigenvalue weighted by molar-refractivity contribution is -0.120. The van der Waals surface area contributed by atoms with Crippen molar-refractivity contribution in [1.82, 2.24) is 14.8 Å². The highest BCUT2D eigenvalue weighted by Crippen LogP contribution is 2.28. The Labute approximate surface area is 135 Å². The number of aryl methyl sites for hydroxylation is 1. The maximum atomic E-state index is 12.9. The van der Waals surface area contributed by atoms with Crippen molar-refractivity contribution in [3.8, 4) is 0 Å². The first-order valence-electron chi connectivity index (χ1n) is 7.14. The number of amides is 1. The number of benzene rings is 1. The van der Waals surface area contributed by atoms with E-state index in [2.05, 4.69) is 10.2 Å². The molecule has 118 valence electrons. The third-order valence-corrected chi connectivity index (χ3v) is 4.26. The molecule has 6 heteroatoms. The van der Waals surface area contributed by atoms with Crippen LogP contribution in [0.5, 0.6) is 0 Å². The van der Waals surface area contributed by atoms with E-state index < -0.39 is 5.38 Å². The van der Waals surface area contributed by atoms with E-state index in [4.69, 9.17) is 11.6 Å². The SMILES string of the molecule is Cn1cnnc1CN(C(=O)C(Cl)C(C)(C)C)c1ccccc1. The van der Waals surface area contributed by atoms with Gasteiger partial charge in [-0.15, -0.1) is 21.8 Å². The Balaban J connectivity index is 2.34. The van der Waals surface area contributed by atoms with Gasteiger partial charge >= 0.3 is 0 Å². The third-order valence-electron chi connectivity index (χ3n) is 3.42. The number of rotatable bonds is 4. The van der Waals surface area contributed by atoms with E-state index in [-0.39, 0.29) is 11.3 Å². The molecule has 0 saturated carbocycles. The predicted molar refractivity (Wildman–Crippen MR) is 87.7 cm³/mol. The fraction of sp³-hybridized carbons (Fsp3) is 0.438. The van der Waals surface area contributed by atoms with E-state index in [9.17, 15) is 4.79 Å². The van der Waals surface area contributed by atoms with Crippen LogP contribution < -0.4 is 4.90 Å². The molecule has 0 bridgehead atoms. The van der Waals surface area contributed by atoms with Crippen LogP contribution in [-0.2, 0) is 18.4 Å². The molecule has 0 radical (unpaired) electrons. The first kappa shape index (κ1) is 16.5. The lowest BCUT2D eigenvalue weighted by Crippen LogP contribution is -2.42. The van der Waals surface area contributed by atoms with Crippen LogP contribution in [0.3, 0.4) is 0 Å². The molecular weight excluding hydrogens is 300 g/mol. The van der Waals surface area contributed by atoms with Crippen molar-refractivity contribution in [2.24, 2.45) is 12.5 Å². The summed E-state index contributed by atoms with van der Waals surface area (Å²) in [5, 5.41) is 7.30. The van der Waals surface area contributed by atoms with Crippen molar-refractivity contribution >= 4 is 23.2 Å². The van der Waals surface area contributed by atoms with Crippen LogP contribution in [-0.4, -0.2) is 26.0 Å². The largest absolute Gasteiger partial charge is 0.319 e. The molecule has 0 N–H and O–H groups in total. The molecule has 1 atom stereocenters. The molecule has 1 aromatic heterocycles. The Morgan fingerprint density at radius 3 is 2.45 bits per heavy atom. The summed E-state index contributed by atoms with van der Waals surface area (Å²) in [6.45, 7) is 6.19. The molecule has 0 saturated heterocycles. The molecule has 1 heterocycles. The average molecular weight is 321 g/mol. The number of halogens is 1. The van der Waals surface area contributed by atoms with Gasteiger partial charge in [0.1, 0.15) is 11.7 Å². The zero-order valence-corrected chi connectivity index (χ0v) is 14.1. The van der Waals surface area contributed by atoms with E-state index in [1.165, 1.54) is 0 Å². The van der Waals surface area contributed by atoms with E-state index in [0.29, 0.717) is 12.4 Å². The first-order valence-corrected chi connectivity index (χ1v) is 7.57. The normalized spacial score (nSPS) is 13.0. The van der Waals surface area contributed by atoms with Crippen LogP contribution in [0.1, 0.15) is 26.6 Å². The van der Waals surface area contributed by atoms with Gasteiger partial charge in [0.2, 0.25) is 5.91 Å². The van der Waals surface area contributed by atoms with Crippen LogP contribution >= 0.6 is 11.6 Å². The monoisotopic (exact) mass is 320 g/mol. The van der Waals surface area contributed by atoms with Crippen molar-refractivity contribution < 1.29 is 4.79 Å². The van der Waals surface area contributed by atoms with Crippen molar-refractivity contribution in [3.63, 3.8) is 0 Å². The minimum atomic E-state index is -0.624. The molecule has 2 rings (SSSR count). The summed E-state index contributed by atoms with van der Waals surface area (Å²) >= 11 is 6.40. The zero-order chi connectivity index (χ0) is 16.3. The maximum absolute atomic E-state index is 12.9. The predicted octanol–water partition coefficient (Wildman–Crippen LogP) is 3.00. The van der Waals surface area contributed by atoms with Gasteiger partial charge in [-0.1, -0.05) is 39.0 Å². The summed E-state index contributed by atoms with van der Waals surface area (Å²) in [5.41, 5.74) is 0.469. The Hall–Kier alpha value is -1.88. The molecule has 0 spiro atoms. The fourth-order valence-electron chi connectivity index (χ4n) is 2.00. The number of para-hydroxylation sites is 1. The zero-order valence-electron chi connectivity index (χ0n) is 13.3. The number of hydrogen-bond acceptors (Lipinski definition) is 3. The molecule has 5 nitrogen and oxygen atoms in total. The summed E-state index contributed by atoms with van der Waals surface area (Å²) in [7, 11) is 1.85. The highest BCUT2D eigenvalue weighted by molar-refractivity contribution is 6.33. The molecule has 1 aromatic carbocycles. The number of carbonyl (C=O) groups excluding carboxylic acids is 1. The molecular formula is C16H21ClN4O. The van der Waals surface area contributed by atoms with Crippen LogP contribution in [0, 0.1) is 5.41 Å². The Morgan fingerprint density at radius 1 is 1.32 bits per heavy atom. The molecule has 2 aromatic rings. The van der Waals surface area contributed by atoms with Crippen LogP contribution in [0.25, 0.3) is 0 Å². The third kappa shape index (κ3) is 3.65. The smallest absolute Gasteiger partial charge is 0.245 e. The minimum absolute atomic E-state index is 0.136. The van der Waals surface area contributed by atoms with E-state index in [0.717, 1.165) is 5.69 Å². The van der Waals surface area contributed by atoms with Gasteiger partial charge in [0.15, 0.2) is 5.82 Å². The van der Waals surface area contributed by atoms with Gasteiger partial charge in [0.25, 0.3) is 0 Å². The second-order valence-electron chi connectivity index (χ2n) is 6.35. The number of alkyl halides is 1. The number of anilines is 1. The van der Waals surface area contributed by atoms with Gasteiger partial charge in [0.05, 0.1) is 6.54 Å². The van der Waals surface area contributed by atoms with Crippen LogP contribution in [0.15, 0.2) is 36.7 Å². The van der Waals surface area contributed by atoms with Crippen molar-refractivity contribution in [3.05, 3.63) is 42.5 Å². The Morgan fingerprint density at radius 2 is 1.95 bits per heavy atom. The number of carbonyl (C=O) groups is 1.